The van der Waals surface area contributed by atoms with E-state index in [-0.39, 0.29) is 19.0 Å². The third-order valence-corrected chi connectivity index (χ3v) is 1.91. The molecule has 0 amide bonds. The number of benzene rings is 1. The van der Waals surface area contributed by atoms with Gasteiger partial charge in [0.05, 0.1) is 13.7 Å². The molecule has 0 radical (unpaired) electrons. The van der Waals surface area contributed by atoms with Crippen molar-refractivity contribution in [3.05, 3.63) is 23.8 Å². The number of nitrogens with two attached hydrogens (primary N) is 1. The molecule has 1 aromatic carbocycles. The Morgan fingerprint density at radius 1 is 1.47 bits per heavy atom. The molecule has 0 aliphatic carbocycles. The number of ether oxygens (including phenoxy) is 1. The van der Waals surface area contributed by atoms with E-state index in [0.29, 0.717) is 18.8 Å². The van der Waals surface area contributed by atoms with Crippen molar-refractivity contribution in [2.24, 2.45) is 0 Å². The molecule has 0 heterocycles. The standard InChI is InChI=1S/C10H16N2O2.ClH/c1-14-10-3-2-9(11)6-8(10)7-12-4-5-13;/h2-3,6,12-13H,4-5,7,11H2,1H3;1H. The van der Waals surface area contributed by atoms with E-state index < -0.39 is 0 Å². The number of nitrogen functional groups attached to an aromatic ring is 1. The van der Waals surface area contributed by atoms with Crippen molar-refractivity contribution in [3.8, 4) is 5.75 Å². The van der Waals surface area contributed by atoms with Gasteiger partial charge < -0.3 is 20.9 Å². The van der Waals surface area contributed by atoms with Crippen LogP contribution in [-0.2, 0) is 6.54 Å². The van der Waals surface area contributed by atoms with E-state index in [2.05, 4.69) is 5.32 Å². The zero-order chi connectivity index (χ0) is 10.4. The number of hydrogen-bond acceptors (Lipinski definition) is 4. The third kappa shape index (κ3) is 4.38. The van der Waals surface area contributed by atoms with Crippen LogP contribution < -0.4 is 15.8 Å². The van der Waals surface area contributed by atoms with Gasteiger partial charge in [-0.15, -0.1) is 12.4 Å². The van der Waals surface area contributed by atoms with Gasteiger partial charge in [-0.3, -0.25) is 0 Å². The lowest BCUT2D eigenvalue weighted by Crippen LogP contribution is -2.18. The highest BCUT2D eigenvalue weighted by atomic mass is 35.5. The molecule has 0 fully saturated rings. The molecule has 0 aliphatic rings. The first kappa shape index (κ1) is 14.0. The largest absolute Gasteiger partial charge is 0.496 e. The van der Waals surface area contributed by atoms with Crippen molar-refractivity contribution in [2.75, 3.05) is 26.0 Å². The van der Waals surface area contributed by atoms with Crippen molar-refractivity contribution in [3.63, 3.8) is 0 Å². The van der Waals surface area contributed by atoms with Crippen LogP contribution in [0.15, 0.2) is 18.2 Å². The summed E-state index contributed by atoms with van der Waals surface area (Å²) in [6.07, 6.45) is 0. The second-order valence-corrected chi connectivity index (χ2v) is 2.97. The average Bonchev–Trinajstić information content (AvgIpc) is 2.19. The van der Waals surface area contributed by atoms with Crippen molar-refractivity contribution in [1.82, 2.24) is 5.32 Å². The van der Waals surface area contributed by atoms with E-state index in [9.17, 15) is 0 Å². The Kier molecular flexibility index (Phi) is 6.86. The number of hydrogen-bond donors (Lipinski definition) is 3. The molecule has 4 nitrogen and oxygen atoms in total. The molecule has 15 heavy (non-hydrogen) atoms. The first-order valence-electron chi connectivity index (χ1n) is 4.52. The maximum atomic E-state index is 8.61. The summed E-state index contributed by atoms with van der Waals surface area (Å²) in [7, 11) is 1.63. The molecule has 86 valence electrons. The van der Waals surface area contributed by atoms with Gasteiger partial charge in [-0.25, -0.2) is 0 Å². The Bertz CT molecular complexity index is 295. The molecule has 4 N–H and O–H groups in total. The summed E-state index contributed by atoms with van der Waals surface area (Å²) in [4.78, 5) is 0. The second-order valence-electron chi connectivity index (χ2n) is 2.97. The summed E-state index contributed by atoms with van der Waals surface area (Å²) in [5, 5.41) is 11.7. The van der Waals surface area contributed by atoms with Gasteiger partial charge in [-0.2, -0.15) is 0 Å². The Hall–Kier alpha value is -0.970. The van der Waals surface area contributed by atoms with Gasteiger partial charge in [0.2, 0.25) is 0 Å². The smallest absolute Gasteiger partial charge is 0.123 e. The van der Waals surface area contributed by atoms with Crippen LogP contribution in [0.25, 0.3) is 0 Å². The lowest BCUT2D eigenvalue weighted by atomic mass is 10.2. The molecule has 0 saturated carbocycles. The zero-order valence-electron chi connectivity index (χ0n) is 8.69. The fraction of sp³-hybridized carbons (Fsp3) is 0.400. The molecule has 0 atom stereocenters. The summed E-state index contributed by atoms with van der Waals surface area (Å²) in [5.74, 6) is 0.810. The second kappa shape index (κ2) is 7.34. The molecule has 0 aliphatic heterocycles. The van der Waals surface area contributed by atoms with E-state index in [1.807, 2.05) is 12.1 Å². The lowest BCUT2D eigenvalue weighted by molar-refractivity contribution is 0.291. The fourth-order valence-corrected chi connectivity index (χ4v) is 1.24. The minimum absolute atomic E-state index is 0. The molecule has 0 spiro atoms. The van der Waals surface area contributed by atoms with Crippen LogP contribution in [0.5, 0.6) is 5.75 Å². The maximum Gasteiger partial charge on any atom is 0.123 e. The van der Waals surface area contributed by atoms with Crippen LogP contribution in [-0.4, -0.2) is 25.4 Å². The number of nitrogens with one attached hydrogen (secondary N) is 1. The Balaban J connectivity index is 0.00000196. The first-order valence-corrected chi connectivity index (χ1v) is 4.52. The van der Waals surface area contributed by atoms with Crippen LogP contribution >= 0.6 is 12.4 Å². The Labute approximate surface area is 95.8 Å². The summed E-state index contributed by atoms with van der Waals surface area (Å²) in [6.45, 7) is 1.34. The summed E-state index contributed by atoms with van der Waals surface area (Å²) < 4.78 is 5.17. The number of aliphatic hydroxyl groups excluding tert-OH is 1. The number of aliphatic hydroxyl groups is 1. The van der Waals surface area contributed by atoms with E-state index in [1.165, 1.54) is 0 Å². The van der Waals surface area contributed by atoms with E-state index in [0.717, 1.165) is 11.3 Å². The Morgan fingerprint density at radius 2 is 2.20 bits per heavy atom. The van der Waals surface area contributed by atoms with E-state index in [1.54, 1.807) is 13.2 Å². The van der Waals surface area contributed by atoms with Crippen molar-refractivity contribution in [2.45, 2.75) is 6.54 Å². The summed E-state index contributed by atoms with van der Waals surface area (Å²) in [6, 6.07) is 5.50. The minimum Gasteiger partial charge on any atom is -0.496 e. The monoisotopic (exact) mass is 232 g/mol. The highest BCUT2D eigenvalue weighted by Crippen LogP contribution is 2.20. The van der Waals surface area contributed by atoms with E-state index in [4.69, 9.17) is 15.6 Å². The molecule has 1 aromatic rings. The predicted octanol–water partition coefficient (Wildman–Crippen LogP) is 0.781. The van der Waals surface area contributed by atoms with Gasteiger partial charge in [0.25, 0.3) is 0 Å². The van der Waals surface area contributed by atoms with Gasteiger partial charge in [0.15, 0.2) is 0 Å². The van der Waals surface area contributed by atoms with Crippen LogP contribution in [0.3, 0.4) is 0 Å². The maximum absolute atomic E-state index is 8.61. The quantitative estimate of drug-likeness (QED) is 0.519. The zero-order valence-corrected chi connectivity index (χ0v) is 9.51. The number of rotatable bonds is 5. The molecule has 0 unspecified atom stereocenters. The number of halogens is 1. The van der Waals surface area contributed by atoms with Crippen LogP contribution in [0, 0.1) is 0 Å². The molecule has 5 heteroatoms. The molecule has 0 saturated heterocycles. The highest BCUT2D eigenvalue weighted by molar-refractivity contribution is 5.85. The molecular weight excluding hydrogens is 216 g/mol. The van der Waals surface area contributed by atoms with Crippen molar-refractivity contribution in [1.29, 1.82) is 0 Å². The minimum atomic E-state index is 0. The highest BCUT2D eigenvalue weighted by Gasteiger charge is 2.02. The topological polar surface area (TPSA) is 67.5 Å². The van der Waals surface area contributed by atoms with Crippen LogP contribution in [0.2, 0.25) is 0 Å². The molecule has 0 aromatic heterocycles. The van der Waals surface area contributed by atoms with Crippen molar-refractivity contribution >= 4 is 18.1 Å². The Morgan fingerprint density at radius 3 is 2.80 bits per heavy atom. The lowest BCUT2D eigenvalue weighted by Gasteiger charge is -2.09. The first-order chi connectivity index (χ1) is 6.77. The van der Waals surface area contributed by atoms with Crippen molar-refractivity contribution < 1.29 is 9.84 Å². The van der Waals surface area contributed by atoms with Gasteiger partial charge >= 0.3 is 0 Å². The SMILES string of the molecule is COc1ccc(N)cc1CNCCO.Cl. The molecule has 0 bridgehead atoms. The average molecular weight is 233 g/mol. The molecular formula is C10H17ClN2O2. The van der Waals surface area contributed by atoms with Gasteiger partial charge in [0, 0.05) is 24.3 Å². The van der Waals surface area contributed by atoms with E-state index >= 15 is 0 Å². The van der Waals surface area contributed by atoms with Crippen LogP contribution in [0.1, 0.15) is 5.56 Å². The van der Waals surface area contributed by atoms with Gasteiger partial charge in [-0.1, -0.05) is 0 Å². The van der Waals surface area contributed by atoms with Gasteiger partial charge in [-0.05, 0) is 18.2 Å². The fourth-order valence-electron chi connectivity index (χ4n) is 1.24. The molecule has 1 rings (SSSR count). The summed E-state index contributed by atoms with van der Waals surface area (Å²) in [5.41, 5.74) is 7.37. The van der Waals surface area contributed by atoms with Crippen LogP contribution in [0.4, 0.5) is 5.69 Å². The predicted molar refractivity (Wildman–Crippen MR) is 63.4 cm³/mol. The third-order valence-electron chi connectivity index (χ3n) is 1.91. The number of anilines is 1. The normalized spacial score (nSPS) is 9.47. The number of methoxy groups -OCH3 is 1. The summed E-state index contributed by atoms with van der Waals surface area (Å²) >= 11 is 0. The van der Waals surface area contributed by atoms with Gasteiger partial charge in [0.1, 0.15) is 5.75 Å².